The fourth-order valence-corrected chi connectivity index (χ4v) is 2.55. The zero-order valence-electron chi connectivity index (χ0n) is 14.7. The molecule has 27 heavy (non-hydrogen) atoms. The molecule has 3 aromatic carbocycles. The maximum Gasteiger partial charge on any atom is 0.159 e. The van der Waals surface area contributed by atoms with Crippen LogP contribution in [0.5, 0.6) is 0 Å². The number of rotatable bonds is 5. The highest BCUT2D eigenvalue weighted by molar-refractivity contribution is 5.83. The summed E-state index contributed by atoms with van der Waals surface area (Å²) in [7, 11) is 0. The summed E-state index contributed by atoms with van der Waals surface area (Å²) in [4.78, 5) is 0. The SMILES string of the molecule is CCc1ccc(-c2ccc(C=NN=Cc3ccc(F)c(F)c3)cc2)c(F)c1. The van der Waals surface area contributed by atoms with Gasteiger partial charge in [-0.15, -0.1) is 0 Å². The van der Waals surface area contributed by atoms with Crippen LogP contribution in [0, 0.1) is 17.5 Å². The average molecular weight is 366 g/mol. The molecule has 0 bridgehead atoms. The van der Waals surface area contributed by atoms with Crippen LogP contribution in [0.4, 0.5) is 13.2 Å². The van der Waals surface area contributed by atoms with Crippen molar-refractivity contribution in [1.82, 2.24) is 0 Å². The fourth-order valence-electron chi connectivity index (χ4n) is 2.55. The molecule has 0 aliphatic heterocycles. The van der Waals surface area contributed by atoms with Gasteiger partial charge in [0.25, 0.3) is 0 Å². The number of halogens is 3. The van der Waals surface area contributed by atoms with Gasteiger partial charge in [0.1, 0.15) is 5.82 Å². The van der Waals surface area contributed by atoms with Crippen molar-refractivity contribution in [3.63, 3.8) is 0 Å². The van der Waals surface area contributed by atoms with Crippen molar-refractivity contribution in [2.24, 2.45) is 10.2 Å². The standard InChI is InChI=1S/C22H17F3N2/c1-2-15-5-9-19(21(24)11-15)18-7-3-16(4-8-18)13-26-27-14-17-6-10-20(23)22(25)12-17/h3-14H,2H2,1H3. The Bertz CT molecular complexity index is 993. The van der Waals surface area contributed by atoms with E-state index in [1.165, 1.54) is 18.5 Å². The first-order chi connectivity index (χ1) is 13.1. The molecule has 0 aliphatic carbocycles. The number of hydrogen-bond acceptors (Lipinski definition) is 2. The summed E-state index contributed by atoms with van der Waals surface area (Å²) < 4.78 is 40.1. The van der Waals surface area contributed by atoms with Crippen molar-refractivity contribution in [3.05, 3.63) is 94.8 Å². The first-order valence-electron chi connectivity index (χ1n) is 8.47. The van der Waals surface area contributed by atoms with Crippen molar-refractivity contribution in [3.8, 4) is 11.1 Å². The largest absolute Gasteiger partial charge is 0.206 e. The Kier molecular flexibility index (Phi) is 5.81. The molecule has 3 rings (SSSR count). The summed E-state index contributed by atoms with van der Waals surface area (Å²) in [6.07, 6.45) is 3.65. The molecule has 0 aliphatic rings. The van der Waals surface area contributed by atoms with Crippen LogP contribution in [-0.2, 0) is 6.42 Å². The first kappa shape index (κ1) is 18.6. The molecule has 0 radical (unpaired) electrons. The van der Waals surface area contributed by atoms with E-state index in [0.29, 0.717) is 11.1 Å². The second-order valence-corrected chi connectivity index (χ2v) is 5.95. The van der Waals surface area contributed by atoms with E-state index >= 15 is 0 Å². The molecule has 136 valence electrons. The summed E-state index contributed by atoms with van der Waals surface area (Å²) in [6.45, 7) is 1.98. The number of aryl methyl sites for hydroxylation is 1. The molecule has 0 amide bonds. The highest BCUT2D eigenvalue weighted by Gasteiger charge is 2.05. The fraction of sp³-hybridized carbons (Fsp3) is 0.0909. The predicted octanol–water partition coefficient (Wildman–Crippen LogP) is 5.79. The van der Waals surface area contributed by atoms with Gasteiger partial charge >= 0.3 is 0 Å². The smallest absolute Gasteiger partial charge is 0.159 e. The van der Waals surface area contributed by atoms with Gasteiger partial charge < -0.3 is 0 Å². The molecular weight excluding hydrogens is 349 g/mol. The van der Waals surface area contributed by atoms with Gasteiger partial charge in [0.05, 0.1) is 12.4 Å². The minimum atomic E-state index is -0.933. The van der Waals surface area contributed by atoms with Crippen molar-refractivity contribution < 1.29 is 13.2 Å². The summed E-state index contributed by atoms with van der Waals surface area (Å²) in [5, 5.41) is 7.70. The molecule has 3 aromatic rings. The molecule has 0 saturated heterocycles. The Hall–Kier alpha value is -3.21. The van der Waals surface area contributed by atoms with Gasteiger partial charge in [0.15, 0.2) is 11.6 Å². The summed E-state index contributed by atoms with van der Waals surface area (Å²) in [6, 6.07) is 16.0. The van der Waals surface area contributed by atoms with E-state index < -0.39 is 11.6 Å². The number of benzene rings is 3. The quantitative estimate of drug-likeness (QED) is 0.404. The van der Waals surface area contributed by atoms with Crippen LogP contribution in [0.3, 0.4) is 0 Å². The predicted molar refractivity (Wildman–Crippen MR) is 103 cm³/mol. The van der Waals surface area contributed by atoms with E-state index in [2.05, 4.69) is 10.2 Å². The second-order valence-electron chi connectivity index (χ2n) is 5.95. The second kappa shape index (κ2) is 8.45. The van der Waals surface area contributed by atoms with Gasteiger partial charge in [0, 0.05) is 5.56 Å². The van der Waals surface area contributed by atoms with E-state index in [0.717, 1.165) is 35.2 Å². The van der Waals surface area contributed by atoms with Crippen LogP contribution < -0.4 is 0 Å². The highest BCUT2D eigenvalue weighted by atomic mass is 19.2. The molecule has 0 heterocycles. The number of nitrogens with zero attached hydrogens (tertiary/aromatic N) is 2. The van der Waals surface area contributed by atoms with Gasteiger partial charge in [-0.05, 0) is 46.9 Å². The third kappa shape index (κ3) is 4.70. The Morgan fingerprint density at radius 2 is 1.37 bits per heavy atom. The van der Waals surface area contributed by atoms with Crippen molar-refractivity contribution in [2.45, 2.75) is 13.3 Å². The van der Waals surface area contributed by atoms with Crippen LogP contribution in [0.15, 0.2) is 70.9 Å². The zero-order chi connectivity index (χ0) is 19.2. The lowest BCUT2D eigenvalue weighted by Gasteiger charge is -2.05. The van der Waals surface area contributed by atoms with Gasteiger partial charge in [0.2, 0.25) is 0 Å². The molecule has 5 heteroatoms. The third-order valence-corrected chi connectivity index (χ3v) is 4.09. The summed E-state index contributed by atoms with van der Waals surface area (Å²) in [5.74, 6) is -2.08. The topological polar surface area (TPSA) is 24.7 Å². The van der Waals surface area contributed by atoms with Crippen LogP contribution in [0.1, 0.15) is 23.6 Å². The van der Waals surface area contributed by atoms with Crippen LogP contribution in [0.2, 0.25) is 0 Å². The van der Waals surface area contributed by atoms with Gasteiger partial charge in [-0.1, -0.05) is 49.4 Å². The lowest BCUT2D eigenvalue weighted by molar-refractivity contribution is 0.508. The van der Waals surface area contributed by atoms with Crippen LogP contribution >= 0.6 is 0 Å². The highest BCUT2D eigenvalue weighted by Crippen LogP contribution is 2.24. The Balaban J connectivity index is 1.69. The zero-order valence-corrected chi connectivity index (χ0v) is 14.7. The third-order valence-electron chi connectivity index (χ3n) is 4.09. The summed E-state index contributed by atoms with van der Waals surface area (Å²) in [5.41, 5.74) is 3.47. The molecular formula is C22H17F3N2. The molecule has 0 unspecified atom stereocenters. The molecule has 0 fully saturated rings. The van der Waals surface area contributed by atoms with E-state index in [4.69, 9.17) is 0 Å². The monoisotopic (exact) mass is 366 g/mol. The van der Waals surface area contributed by atoms with Gasteiger partial charge in [-0.2, -0.15) is 10.2 Å². The normalized spacial score (nSPS) is 11.6. The molecule has 0 spiro atoms. The van der Waals surface area contributed by atoms with Gasteiger partial charge in [-0.25, -0.2) is 13.2 Å². The minimum absolute atomic E-state index is 0.244. The van der Waals surface area contributed by atoms with E-state index in [1.54, 1.807) is 24.3 Å². The van der Waals surface area contributed by atoms with E-state index in [9.17, 15) is 13.2 Å². The average Bonchev–Trinajstić information content (AvgIpc) is 2.68. The Labute approximate surface area is 155 Å². The molecule has 0 aromatic heterocycles. The molecule has 0 N–H and O–H groups in total. The molecule has 2 nitrogen and oxygen atoms in total. The van der Waals surface area contributed by atoms with Crippen LogP contribution in [-0.4, -0.2) is 12.4 Å². The maximum atomic E-state index is 14.2. The molecule has 0 atom stereocenters. The summed E-state index contributed by atoms with van der Waals surface area (Å²) >= 11 is 0. The van der Waals surface area contributed by atoms with Crippen molar-refractivity contribution in [2.75, 3.05) is 0 Å². The van der Waals surface area contributed by atoms with Crippen molar-refractivity contribution in [1.29, 1.82) is 0 Å². The van der Waals surface area contributed by atoms with Gasteiger partial charge in [-0.3, -0.25) is 0 Å². The number of hydrogen-bond donors (Lipinski definition) is 0. The minimum Gasteiger partial charge on any atom is -0.206 e. The van der Waals surface area contributed by atoms with E-state index in [-0.39, 0.29) is 5.82 Å². The van der Waals surface area contributed by atoms with Crippen LogP contribution in [0.25, 0.3) is 11.1 Å². The first-order valence-corrected chi connectivity index (χ1v) is 8.47. The Morgan fingerprint density at radius 1 is 0.704 bits per heavy atom. The molecule has 0 saturated carbocycles. The maximum absolute atomic E-state index is 14.2. The van der Waals surface area contributed by atoms with Crippen molar-refractivity contribution >= 4 is 12.4 Å². The van der Waals surface area contributed by atoms with E-state index in [1.807, 2.05) is 25.1 Å². The lowest BCUT2D eigenvalue weighted by Crippen LogP contribution is -1.89. The Morgan fingerprint density at radius 3 is 2.00 bits per heavy atom. The lowest BCUT2D eigenvalue weighted by atomic mass is 10.0.